The van der Waals surface area contributed by atoms with Gasteiger partial charge in [0.05, 0.1) is 19.6 Å². The van der Waals surface area contributed by atoms with Gasteiger partial charge in [0, 0.05) is 115 Å². The van der Waals surface area contributed by atoms with Crippen LogP contribution in [0.4, 0.5) is 0 Å². The molecule has 0 unspecified atom stereocenters. The van der Waals surface area contributed by atoms with Crippen molar-refractivity contribution in [1.29, 1.82) is 0 Å². The molecule has 15 heteroatoms. The predicted octanol–water partition coefficient (Wildman–Crippen LogP) is 2.86. The number of aliphatic carboxylic acids is 3. The van der Waals surface area contributed by atoms with Gasteiger partial charge in [-0.2, -0.15) is 0 Å². The van der Waals surface area contributed by atoms with Crippen molar-refractivity contribution < 1.29 is 29.7 Å². The SMILES string of the molecule is O=C(O)CCCCn1ccnc1CN1CCN(Cc2nccn2CCCCC(=O)O)CCN(Cc2nccn2CCCCC(=O)O)CC1. The molecule has 1 fully saturated rings. The first kappa shape index (κ1) is 36.8. The van der Waals surface area contributed by atoms with E-state index in [1.54, 1.807) is 0 Å². The van der Waals surface area contributed by atoms with Gasteiger partial charge in [0.1, 0.15) is 17.5 Å². The van der Waals surface area contributed by atoms with Gasteiger partial charge in [-0.1, -0.05) is 0 Å². The Bertz CT molecular complexity index is 1240. The highest BCUT2D eigenvalue weighted by molar-refractivity contribution is 5.67. The van der Waals surface area contributed by atoms with Gasteiger partial charge >= 0.3 is 17.9 Å². The van der Waals surface area contributed by atoms with E-state index in [4.69, 9.17) is 15.3 Å². The number of hydrogen-bond donors (Lipinski definition) is 3. The summed E-state index contributed by atoms with van der Waals surface area (Å²) in [5.41, 5.74) is 0. The first-order valence-corrected chi connectivity index (χ1v) is 17.1. The minimum Gasteiger partial charge on any atom is -0.481 e. The molecule has 1 aliphatic rings. The molecule has 4 rings (SSSR count). The Labute approximate surface area is 281 Å². The molecule has 0 bridgehead atoms. The lowest BCUT2D eigenvalue weighted by molar-refractivity contribution is -0.138. The third kappa shape index (κ3) is 12.8. The molecule has 0 saturated carbocycles. The van der Waals surface area contributed by atoms with Gasteiger partial charge in [0.15, 0.2) is 0 Å². The molecule has 0 aliphatic carbocycles. The van der Waals surface area contributed by atoms with Crippen LogP contribution in [0.5, 0.6) is 0 Å². The summed E-state index contributed by atoms with van der Waals surface area (Å²) in [6.07, 6.45) is 16.1. The number of imidazole rings is 3. The Morgan fingerprint density at radius 2 is 0.750 bits per heavy atom. The highest BCUT2D eigenvalue weighted by Crippen LogP contribution is 2.13. The second-order valence-electron chi connectivity index (χ2n) is 12.5. The summed E-state index contributed by atoms with van der Waals surface area (Å²) in [6, 6.07) is 0. The van der Waals surface area contributed by atoms with Gasteiger partial charge in [-0.05, 0) is 38.5 Å². The second-order valence-corrected chi connectivity index (χ2v) is 12.5. The molecular weight excluding hydrogens is 618 g/mol. The number of nitrogens with zero attached hydrogens (tertiary/aromatic N) is 9. The molecule has 264 valence electrons. The molecule has 4 heterocycles. The molecule has 3 aromatic rings. The van der Waals surface area contributed by atoms with Gasteiger partial charge in [0.25, 0.3) is 0 Å². The number of unbranched alkanes of at least 4 members (excludes halogenated alkanes) is 3. The molecule has 48 heavy (non-hydrogen) atoms. The summed E-state index contributed by atoms with van der Waals surface area (Å²) in [7, 11) is 0. The summed E-state index contributed by atoms with van der Waals surface area (Å²) in [4.78, 5) is 54.1. The fourth-order valence-electron chi connectivity index (χ4n) is 6.02. The third-order valence-electron chi connectivity index (χ3n) is 8.82. The van der Waals surface area contributed by atoms with Gasteiger partial charge in [0.2, 0.25) is 0 Å². The average molecular weight is 670 g/mol. The maximum atomic E-state index is 10.9. The summed E-state index contributed by atoms with van der Waals surface area (Å²) >= 11 is 0. The second kappa shape index (κ2) is 19.7. The van der Waals surface area contributed by atoms with Crippen LogP contribution in [0.15, 0.2) is 37.2 Å². The number of carboxylic acid groups (broad SMARTS) is 3. The highest BCUT2D eigenvalue weighted by atomic mass is 16.4. The van der Waals surface area contributed by atoms with Crippen LogP contribution < -0.4 is 0 Å². The van der Waals surface area contributed by atoms with Crippen LogP contribution in [0.3, 0.4) is 0 Å². The van der Waals surface area contributed by atoms with Gasteiger partial charge in [-0.3, -0.25) is 29.1 Å². The van der Waals surface area contributed by atoms with Crippen LogP contribution in [0.25, 0.3) is 0 Å². The largest absolute Gasteiger partial charge is 0.481 e. The summed E-state index contributed by atoms with van der Waals surface area (Å²) in [5, 5.41) is 27.0. The number of aryl methyl sites for hydroxylation is 3. The maximum absolute atomic E-state index is 10.9. The molecule has 15 nitrogen and oxygen atoms in total. The quantitative estimate of drug-likeness (QED) is 0.142. The van der Waals surface area contributed by atoms with Gasteiger partial charge in [-0.25, -0.2) is 15.0 Å². The minimum atomic E-state index is -0.770. The number of carbonyl (C=O) groups is 3. The standard InChI is InChI=1S/C33H51N9O6/c43-31(44)7-1-4-13-40-16-10-34-28(40)25-37-19-21-38(26-29-35-11-17-41(29)14-5-2-8-32(45)46)23-24-39(22-20-37)27-30-36-12-18-42(30)15-6-3-9-33(47)48/h10-12,16-18H,1-9,13-15,19-27H2,(H,43,44)(H,45,46)(H,47,48). The number of hydrogen-bond acceptors (Lipinski definition) is 9. The zero-order valence-corrected chi connectivity index (χ0v) is 27.9. The van der Waals surface area contributed by atoms with Crippen LogP contribution in [0.1, 0.15) is 75.3 Å². The molecule has 0 atom stereocenters. The van der Waals surface area contributed by atoms with Gasteiger partial charge < -0.3 is 29.0 Å². The van der Waals surface area contributed by atoms with E-state index in [1.807, 2.05) is 37.2 Å². The molecule has 0 amide bonds. The molecule has 0 aromatic carbocycles. The summed E-state index contributed by atoms with van der Waals surface area (Å²) in [6.45, 7) is 9.33. The maximum Gasteiger partial charge on any atom is 0.303 e. The van der Waals surface area contributed by atoms with Crippen molar-refractivity contribution in [2.75, 3.05) is 39.3 Å². The lowest BCUT2D eigenvalue weighted by atomic mass is 10.2. The molecule has 1 saturated heterocycles. The highest BCUT2D eigenvalue weighted by Gasteiger charge is 2.21. The average Bonchev–Trinajstić information content (AvgIpc) is 3.81. The fraction of sp³-hybridized carbons (Fsp3) is 0.636. The Kier molecular flexibility index (Phi) is 15.1. The topological polar surface area (TPSA) is 175 Å². The number of aromatic nitrogens is 6. The fourth-order valence-corrected chi connectivity index (χ4v) is 6.02. The van der Waals surface area contributed by atoms with Crippen molar-refractivity contribution in [3.8, 4) is 0 Å². The lowest BCUT2D eigenvalue weighted by Gasteiger charge is -2.26. The molecule has 0 spiro atoms. The third-order valence-corrected chi connectivity index (χ3v) is 8.82. The van der Waals surface area contributed by atoms with E-state index in [2.05, 4.69) is 43.4 Å². The zero-order valence-electron chi connectivity index (χ0n) is 27.9. The van der Waals surface area contributed by atoms with E-state index in [0.29, 0.717) is 38.9 Å². The smallest absolute Gasteiger partial charge is 0.303 e. The van der Waals surface area contributed by atoms with Crippen molar-refractivity contribution in [3.63, 3.8) is 0 Å². The Balaban J connectivity index is 1.43. The first-order chi connectivity index (χ1) is 23.3. The Hall–Kier alpha value is -4.08. The Morgan fingerprint density at radius 1 is 0.479 bits per heavy atom. The van der Waals surface area contributed by atoms with E-state index in [-0.39, 0.29) is 19.3 Å². The lowest BCUT2D eigenvalue weighted by Crippen LogP contribution is -2.36. The van der Waals surface area contributed by atoms with Crippen molar-refractivity contribution in [3.05, 3.63) is 54.7 Å². The summed E-state index contributed by atoms with van der Waals surface area (Å²) < 4.78 is 6.39. The van der Waals surface area contributed by atoms with E-state index in [1.165, 1.54) is 0 Å². The minimum absolute atomic E-state index is 0.170. The van der Waals surface area contributed by atoms with Crippen molar-refractivity contribution in [2.45, 2.75) is 97.1 Å². The van der Waals surface area contributed by atoms with Crippen LogP contribution in [0.2, 0.25) is 0 Å². The van der Waals surface area contributed by atoms with Gasteiger partial charge in [-0.15, -0.1) is 0 Å². The predicted molar refractivity (Wildman–Crippen MR) is 177 cm³/mol. The molecule has 3 aromatic heterocycles. The number of rotatable bonds is 21. The van der Waals surface area contributed by atoms with E-state index in [0.717, 1.165) is 95.6 Å². The van der Waals surface area contributed by atoms with E-state index >= 15 is 0 Å². The van der Waals surface area contributed by atoms with Crippen molar-refractivity contribution in [2.24, 2.45) is 0 Å². The molecule has 0 radical (unpaired) electrons. The van der Waals surface area contributed by atoms with Crippen LogP contribution >= 0.6 is 0 Å². The monoisotopic (exact) mass is 669 g/mol. The number of carboxylic acids is 3. The zero-order chi connectivity index (χ0) is 34.1. The first-order valence-electron chi connectivity index (χ1n) is 17.1. The summed E-state index contributed by atoms with van der Waals surface area (Å²) in [5.74, 6) is 0.596. The molecule has 3 N–H and O–H groups in total. The molecule has 1 aliphatic heterocycles. The van der Waals surface area contributed by atoms with E-state index in [9.17, 15) is 14.4 Å². The normalized spacial score (nSPS) is 15.2. The van der Waals surface area contributed by atoms with Crippen LogP contribution in [-0.2, 0) is 53.7 Å². The van der Waals surface area contributed by atoms with Crippen LogP contribution in [0, 0.1) is 0 Å². The van der Waals surface area contributed by atoms with Crippen molar-refractivity contribution >= 4 is 17.9 Å². The van der Waals surface area contributed by atoms with E-state index < -0.39 is 17.9 Å². The van der Waals surface area contributed by atoms with Crippen LogP contribution in [-0.4, -0.2) is 116 Å². The van der Waals surface area contributed by atoms with Crippen molar-refractivity contribution in [1.82, 2.24) is 43.4 Å². The molecular formula is C33H51N9O6. The Morgan fingerprint density at radius 3 is 1.00 bits per heavy atom.